The molecule has 1 fully saturated rings. The van der Waals surface area contributed by atoms with E-state index >= 15 is 0 Å². The molecule has 5 heteroatoms. The summed E-state index contributed by atoms with van der Waals surface area (Å²) >= 11 is 1.32. The minimum Gasteiger partial charge on any atom is -0.481 e. The summed E-state index contributed by atoms with van der Waals surface area (Å²) < 4.78 is 0. The molecule has 20 heavy (non-hydrogen) atoms. The number of carbonyl (C=O) groups is 2. The molecule has 0 aromatic heterocycles. The maximum Gasteiger partial charge on any atom is 0.313 e. The third kappa shape index (κ3) is 3.54. The summed E-state index contributed by atoms with van der Waals surface area (Å²) in [6, 6.07) is 8.10. The van der Waals surface area contributed by atoms with Crippen molar-refractivity contribution in [2.45, 2.75) is 25.2 Å². The number of carbonyl (C=O) groups excluding carboxylic acids is 1. The van der Waals surface area contributed by atoms with Crippen LogP contribution in [0.5, 0.6) is 0 Å². The van der Waals surface area contributed by atoms with Crippen molar-refractivity contribution in [3.63, 3.8) is 0 Å². The van der Waals surface area contributed by atoms with E-state index in [0.717, 1.165) is 18.4 Å². The molecule has 0 spiro atoms. The van der Waals surface area contributed by atoms with Crippen LogP contribution >= 0.6 is 11.8 Å². The fourth-order valence-corrected chi connectivity index (χ4v) is 2.85. The molecule has 0 heterocycles. The lowest BCUT2D eigenvalue weighted by Gasteiger charge is -2.16. The summed E-state index contributed by atoms with van der Waals surface area (Å²) in [5, 5.41) is 11.5. The van der Waals surface area contributed by atoms with Crippen molar-refractivity contribution in [3.8, 4) is 0 Å². The predicted molar refractivity (Wildman–Crippen MR) is 80.1 cm³/mol. The highest BCUT2D eigenvalue weighted by Gasteiger charge is 2.50. The minimum absolute atomic E-state index is 0.0685. The Kier molecular flexibility index (Phi) is 4.70. The molecule has 4 nitrogen and oxygen atoms in total. The number of rotatable bonds is 7. The number of aliphatic carboxylic acids is 1. The summed E-state index contributed by atoms with van der Waals surface area (Å²) in [6.07, 6.45) is 1.79. The number of benzene rings is 1. The lowest BCUT2D eigenvalue weighted by atomic mass is 9.93. The van der Waals surface area contributed by atoms with Crippen LogP contribution in [0.3, 0.4) is 0 Å². The van der Waals surface area contributed by atoms with Gasteiger partial charge in [0, 0.05) is 12.3 Å². The van der Waals surface area contributed by atoms with Crippen LogP contribution in [0.4, 0.5) is 0 Å². The molecule has 0 unspecified atom stereocenters. The average molecular weight is 293 g/mol. The second-order valence-electron chi connectivity index (χ2n) is 5.15. The molecule has 2 N–H and O–H groups in total. The SMILES string of the molecule is Cc1cccc(C2(C(=O)NCCSCC(=O)O)CC2)c1. The van der Waals surface area contributed by atoms with Crippen molar-refractivity contribution in [3.05, 3.63) is 35.4 Å². The largest absolute Gasteiger partial charge is 0.481 e. The van der Waals surface area contributed by atoms with Gasteiger partial charge in [-0.05, 0) is 25.3 Å². The Balaban J connectivity index is 1.85. The molecule has 1 aromatic carbocycles. The molecular weight excluding hydrogens is 274 g/mol. The summed E-state index contributed by atoms with van der Waals surface area (Å²) in [4.78, 5) is 22.7. The van der Waals surface area contributed by atoms with Gasteiger partial charge in [-0.1, -0.05) is 29.8 Å². The summed E-state index contributed by atoms with van der Waals surface area (Å²) in [7, 11) is 0. The number of carboxylic acids is 1. The van der Waals surface area contributed by atoms with Gasteiger partial charge in [-0.25, -0.2) is 0 Å². The first kappa shape index (κ1) is 14.9. The molecule has 1 aliphatic carbocycles. The summed E-state index contributed by atoms with van der Waals surface area (Å²) in [5.41, 5.74) is 1.91. The second kappa shape index (κ2) is 6.31. The van der Waals surface area contributed by atoms with E-state index in [1.165, 1.54) is 17.3 Å². The van der Waals surface area contributed by atoms with Gasteiger partial charge in [-0.2, -0.15) is 0 Å². The van der Waals surface area contributed by atoms with E-state index in [2.05, 4.69) is 11.4 Å². The van der Waals surface area contributed by atoms with E-state index in [1.54, 1.807) is 0 Å². The normalized spacial score (nSPS) is 15.7. The first-order valence-electron chi connectivity index (χ1n) is 6.69. The highest BCUT2D eigenvalue weighted by molar-refractivity contribution is 7.99. The Morgan fingerprint density at radius 2 is 2.15 bits per heavy atom. The lowest BCUT2D eigenvalue weighted by molar-refractivity contribution is -0.133. The predicted octanol–water partition coefficient (Wildman–Crippen LogP) is 1.96. The van der Waals surface area contributed by atoms with E-state index in [4.69, 9.17) is 5.11 Å². The number of hydrogen-bond acceptors (Lipinski definition) is 3. The van der Waals surface area contributed by atoms with Crippen LogP contribution < -0.4 is 5.32 Å². The smallest absolute Gasteiger partial charge is 0.313 e. The standard InChI is InChI=1S/C15H19NO3S/c1-11-3-2-4-12(9-11)15(5-6-15)14(19)16-7-8-20-10-13(17)18/h2-4,9H,5-8,10H2,1H3,(H,16,19)(H,17,18). The first-order chi connectivity index (χ1) is 9.54. The number of carboxylic acid groups (broad SMARTS) is 1. The third-order valence-electron chi connectivity index (χ3n) is 3.51. The van der Waals surface area contributed by atoms with E-state index in [9.17, 15) is 9.59 Å². The number of aryl methyl sites for hydroxylation is 1. The van der Waals surface area contributed by atoms with Gasteiger partial charge in [0.1, 0.15) is 0 Å². The van der Waals surface area contributed by atoms with Crippen LogP contribution in [0.15, 0.2) is 24.3 Å². The molecule has 108 valence electrons. The zero-order chi connectivity index (χ0) is 14.6. The Morgan fingerprint density at radius 1 is 1.40 bits per heavy atom. The number of hydrogen-bond donors (Lipinski definition) is 2. The van der Waals surface area contributed by atoms with Gasteiger partial charge in [0.15, 0.2) is 0 Å². The van der Waals surface area contributed by atoms with Crippen molar-refractivity contribution < 1.29 is 14.7 Å². The van der Waals surface area contributed by atoms with Crippen LogP contribution in [0.1, 0.15) is 24.0 Å². The maximum atomic E-state index is 12.3. The maximum absolute atomic E-state index is 12.3. The van der Waals surface area contributed by atoms with Gasteiger partial charge in [-0.15, -0.1) is 11.8 Å². The van der Waals surface area contributed by atoms with Gasteiger partial charge >= 0.3 is 5.97 Å². The highest BCUT2D eigenvalue weighted by Crippen LogP contribution is 2.48. The Bertz CT molecular complexity index is 512. The van der Waals surface area contributed by atoms with Crippen LogP contribution in [0.2, 0.25) is 0 Å². The van der Waals surface area contributed by atoms with Crippen LogP contribution in [-0.2, 0) is 15.0 Å². The van der Waals surface area contributed by atoms with Gasteiger partial charge in [0.2, 0.25) is 5.91 Å². The number of nitrogens with one attached hydrogen (secondary N) is 1. The molecule has 1 aliphatic rings. The molecule has 1 saturated carbocycles. The van der Waals surface area contributed by atoms with Crippen molar-refractivity contribution in [1.29, 1.82) is 0 Å². The zero-order valence-electron chi connectivity index (χ0n) is 11.5. The molecule has 0 bridgehead atoms. The van der Waals surface area contributed by atoms with Gasteiger partial charge in [0.05, 0.1) is 11.2 Å². The number of amides is 1. The van der Waals surface area contributed by atoms with E-state index in [1.807, 2.05) is 25.1 Å². The molecule has 2 rings (SSSR count). The van der Waals surface area contributed by atoms with Crippen molar-refractivity contribution >= 4 is 23.6 Å². The quantitative estimate of drug-likeness (QED) is 0.754. The Hall–Kier alpha value is -1.49. The average Bonchev–Trinajstić information content (AvgIpc) is 3.19. The van der Waals surface area contributed by atoms with Crippen molar-refractivity contribution in [2.75, 3.05) is 18.1 Å². The fourth-order valence-electron chi connectivity index (χ4n) is 2.28. The van der Waals surface area contributed by atoms with Gasteiger partial charge in [-0.3, -0.25) is 9.59 Å². The van der Waals surface area contributed by atoms with Crippen LogP contribution in [0, 0.1) is 6.92 Å². The fraction of sp³-hybridized carbons (Fsp3) is 0.467. The minimum atomic E-state index is -0.820. The first-order valence-corrected chi connectivity index (χ1v) is 7.85. The molecule has 0 saturated heterocycles. The van der Waals surface area contributed by atoms with E-state index < -0.39 is 5.97 Å². The highest BCUT2D eigenvalue weighted by atomic mass is 32.2. The molecule has 0 atom stereocenters. The summed E-state index contributed by atoms with van der Waals surface area (Å²) in [6.45, 7) is 2.55. The van der Waals surface area contributed by atoms with Gasteiger partial charge in [0.25, 0.3) is 0 Å². The monoisotopic (exact) mass is 293 g/mol. The molecule has 0 aliphatic heterocycles. The second-order valence-corrected chi connectivity index (χ2v) is 6.26. The van der Waals surface area contributed by atoms with E-state index in [-0.39, 0.29) is 17.1 Å². The van der Waals surface area contributed by atoms with Crippen LogP contribution in [0.25, 0.3) is 0 Å². The molecule has 0 radical (unpaired) electrons. The molecule has 1 amide bonds. The number of thioether (sulfide) groups is 1. The summed E-state index contributed by atoms with van der Waals surface area (Å²) in [5.74, 6) is -0.0420. The van der Waals surface area contributed by atoms with Gasteiger partial charge < -0.3 is 10.4 Å². The van der Waals surface area contributed by atoms with Crippen LogP contribution in [-0.4, -0.2) is 35.0 Å². The van der Waals surface area contributed by atoms with Crippen molar-refractivity contribution in [1.82, 2.24) is 5.32 Å². The van der Waals surface area contributed by atoms with Crippen molar-refractivity contribution in [2.24, 2.45) is 0 Å². The molecular formula is C15H19NO3S. The lowest BCUT2D eigenvalue weighted by Crippen LogP contribution is -2.36. The Morgan fingerprint density at radius 3 is 2.75 bits per heavy atom. The van der Waals surface area contributed by atoms with E-state index in [0.29, 0.717) is 12.3 Å². The topological polar surface area (TPSA) is 66.4 Å². The zero-order valence-corrected chi connectivity index (χ0v) is 12.3. The Labute approximate surface area is 123 Å². The third-order valence-corrected chi connectivity index (χ3v) is 4.46. The molecule has 1 aromatic rings.